The molecular formula is C16H20N4O2. The van der Waals surface area contributed by atoms with E-state index in [1.807, 2.05) is 25.2 Å². The van der Waals surface area contributed by atoms with Crippen molar-refractivity contribution in [3.63, 3.8) is 0 Å². The van der Waals surface area contributed by atoms with Crippen LogP contribution in [0, 0.1) is 0 Å². The molecule has 0 aliphatic carbocycles. The lowest BCUT2D eigenvalue weighted by Crippen LogP contribution is -2.49. The number of anilines is 2. The highest BCUT2D eigenvalue weighted by Crippen LogP contribution is 2.22. The predicted molar refractivity (Wildman–Crippen MR) is 85.0 cm³/mol. The summed E-state index contributed by atoms with van der Waals surface area (Å²) in [7, 11) is 1.83. The molecule has 0 spiro atoms. The van der Waals surface area contributed by atoms with Gasteiger partial charge in [0, 0.05) is 31.9 Å². The van der Waals surface area contributed by atoms with E-state index >= 15 is 0 Å². The highest BCUT2D eigenvalue weighted by Gasteiger charge is 2.26. The summed E-state index contributed by atoms with van der Waals surface area (Å²) >= 11 is 0. The van der Waals surface area contributed by atoms with Crippen LogP contribution in [0.4, 0.5) is 16.3 Å². The van der Waals surface area contributed by atoms with Gasteiger partial charge in [0.15, 0.2) is 5.82 Å². The number of nitrogens with one attached hydrogen (secondary N) is 1. The maximum absolute atomic E-state index is 12.3. The van der Waals surface area contributed by atoms with Crippen LogP contribution >= 0.6 is 0 Å². The molecule has 2 aromatic rings. The number of piperidine rings is 1. The molecule has 6 heteroatoms. The zero-order valence-electron chi connectivity index (χ0n) is 12.6. The van der Waals surface area contributed by atoms with Crippen LogP contribution in [0.15, 0.2) is 47.2 Å². The maximum atomic E-state index is 12.3. The fourth-order valence-electron chi connectivity index (χ4n) is 2.78. The summed E-state index contributed by atoms with van der Waals surface area (Å²) in [6.07, 6.45) is 3.51. The first-order valence-electron chi connectivity index (χ1n) is 7.48. The van der Waals surface area contributed by atoms with Gasteiger partial charge < -0.3 is 14.3 Å². The van der Waals surface area contributed by atoms with E-state index in [2.05, 4.69) is 27.5 Å². The Morgan fingerprint density at radius 2 is 2.18 bits per heavy atom. The Labute approximate surface area is 129 Å². The maximum Gasteiger partial charge on any atom is 0.323 e. The van der Waals surface area contributed by atoms with Crippen molar-refractivity contribution in [1.82, 2.24) is 10.1 Å². The SMILES string of the molecule is CN(C(=O)Nc1ccon1)[C@@H]1CCCN(c2ccccc2)C1. The second-order valence-electron chi connectivity index (χ2n) is 5.50. The van der Waals surface area contributed by atoms with Crippen molar-refractivity contribution in [1.29, 1.82) is 0 Å². The molecular weight excluding hydrogens is 280 g/mol. The van der Waals surface area contributed by atoms with E-state index in [9.17, 15) is 4.79 Å². The minimum atomic E-state index is -0.159. The molecule has 0 radical (unpaired) electrons. The number of carbonyl (C=O) groups is 1. The van der Waals surface area contributed by atoms with Gasteiger partial charge in [0.25, 0.3) is 0 Å². The van der Waals surface area contributed by atoms with Gasteiger partial charge in [0.1, 0.15) is 6.26 Å². The molecule has 1 fully saturated rings. The predicted octanol–water partition coefficient (Wildman–Crippen LogP) is 2.81. The zero-order valence-corrected chi connectivity index (χ0v) is 12.6. The van der Waals surface area contributed by atoms with Gasteiger partial charge in [-0.25, -0.2) is 4.79 Å². The minimum Gasteiger partial charge on any atom is -0.369 e. The van der Waals surface area contributed by atoms with Crippen molar-refractivity contribution < 1.29 is 9.32 Å². The Hall–Kier alpha value is -2.50. The van der Waals surface area contributed by atoms with Crippen LogP contribution in [-0.4, -0.2) is 42.3 Å². The lowest BCUT2D eigenvalue weighted by Gasteiger charge is -2.38. The first-order valence-corrected chi connectivity index (χ1v) is 7.48. The molecule has 2 amide bonds. The molecule has 1 N–H and O–H groups in total. The fraction of sp³-hybridized carbons (Fsp3) is 0.375. The molecule has 1 saturated heterocycles. The van der Waals surface area contributed by atoms with E-state index in [-0.39, 0.29) is 12.1 Å². The van der Waals surface area contributed by atoms with Gasteiger partial charge in [-0.15, -0.1) is 0 Å². The Balaban J connectivity index is 1.62. The van der Waals surface area contributed by atoms with Crippen LogP contribution in [0.3, 0.4) is 0 Å². The van der Waals surface area contributed by atoms with Crippen molar-refractivity contribution >= 4 is 17.5 Å². The van der Waals surface area contributed by atoms with Crippen LogP contribution in [0.25, 0.3) is 0 Å². The van der Waals surface area contributed by atoms with Gasteiger partial charge in [-0.3, -0.25) is 5.32 Å². The number of amides is 2. The van der Waals surface area contributed by atoms with Crippen LogP contribution in [-0.2, 0) is 0 Å². The summed E-state index contributed by atoms with van der Waals surface area (Å²) < 4.78 is 4.72. The van der Waals surface area contributed by atoms with Crippen LogP contribution < -0.4 is 10.2 Å². The third-order valence-electron chi connectivity index (χ3n) is 4.06. The quantitative estimate of drug-likeness (QED) is 0.947. The topological polar surface area (TPSA) is 61.6 Å². The summed E-state index contributed by atoms with van der Waals surface area (Å²) in [5.41, 5.74) is 1.21. The number of likely N-dealkylation sites (N-methyl/N-ethyl adjacent to an activating group) is 1. The average molecular weight is 300 g/mol. The number of para-hydroxylation sites is 1. The number of nitrogens with zero attached hydrogens (tertiary/aromatic N) is 3. The normalized spacial score (nSPS) is 18.0. The van der Waals surface area contributed by atoms with E-state index in [0.717, 1.165) is 25.9 Å². The molecule has 0 unspecified atom stereocenters. The monoisotopic (exact) mass is 300 g/mol. The van der Waals surface area contributed by atoms with Crippen LogP contribution in [0.1, 0.15) is 12.8 Å². The van der Waals surface area contributed by atoms with E-state index in [4.69, 9.17) is 4.52 Å². The third kappa shape index (κ3) is 3.21. The van der Waals surface area contributed by atoms with E-state index in [1.54, 1.807) is 11.0 Å². The van der Waals surface area contributed by atoms with Crippen molar-refractivity contribution in [2.75, 3.05) is 30.4 Å². The summed E-state index contributed by atoms with van der Waals surface area (Å²) in [6, 6.07) is 12.0. The van der Waals surface area contributed by atoms with Crippen LogP contribution in [0.5, 0.6) is 0 Å². The Bertz CT molecular complexity index is 600. The molecule has 0 bridgehead atoms. The molecule has 1 aliphatic rings. The molecule has 0 saturated carbocycles. The van der Waals surface area contributed by atoms with Crippen LogP contribution in [0.2, 0.25) is 0 Å². The molecule has 1 aromatic heterocycles. The van der Waals surface area contributed by atoms with Gasteiger partial charge in [-0.2, -0.15) is 0 Å². The number of hydrogen-bond acceptors (Lipinski definition) is 4. The van der Waals surface area contributed by atoms with Crippen molar-refractivity contribution in [2.45, 2.75) is 18.9 Å². The molecule has 1 atom stereocenters. The van der Waals surface area contributed by atoms with Gasteiger partial charge in [-0.05, 0) is 25.0 Å². The van der Waals surface area contributed by atoms with Gasteiger partial charge in [0.05, 0.1) is 6.04 Å². The molecule has 22 heavy (non-hydrogen) atoms. The molecule has 116 valence electrons. The fourth-order valence-corrected chi connectivity index (χ4v) is 2.78. The highest BCUT2D eigenvalue weighted by atomic mass is 16.5. The minimum absolute atomic E-state index is 0.159. The standard InChI is InChI=1S/C16H20N4O2/c1-19(16(21)17-15-9-11-22-18-15)14-8-5-10-20(12-14)13-6-3-2-4-7-13/h2-4,6-7,9,11,14H,5,8,10,12H2,1H3,(H,17,18,21)/t14-/m1/s1. The Morgan fingerprint density at radius 1 is 1.36 bits per heavy atom. The first-order chi connectivity index (χ1) is 10.7. The average Bonchev–Trinajstić information content (AvgIpc) is 3.08. The second kappa shape index (κ2) is 6.51. The third-order valence-corrected chi connectivity index (χ3v) is 4.06. The Kier molecular flexibility index (Phi) is 4.27. The highest BCUT2D eigenvalue weighted by molar-refractivity contribution is 5.88. The summed E-state index contributed by atoms with van der Waals surface area (Å²) in [6.45, 7) is 1.87. The molecule has 6 nitrogen and oxygen atoms in total. The number of aromatic nitrogens is 1. The summed E-state index contributed by atoms with van der Waals surface area (Å²) in [4.78, 5) is 16.3. The van der Waals surface area contributed by atoms with Crippen molar-refractivity contribution in [3.8, 4) is 0 Å². The number of benzene rings is 1. The number of urea groups is 1. The van der Waals surface area contributed by atoms with Gasteiger partial charge >= 0.3 is 6.03 Å². The van der Waals surface area contributed by atoms with Gasteiger partial charge in [0.2, 0.25) is 0 Å². The largest absolute Gasteiger partial charge is 0.369 e. The van der Waals surface area contributed by atoms with Crippen molar-refractivity contribution in [2.24, 2.45) is 0 Å². The van der Waals surface area contributed by atoms with E-state index in [1.165, 1.54) is 12.0 Å². The second-order valence-corrected chi connectivity index (χ2v) is 5.50. The molecule has 1 aromatic carbocycles. The summed E-state index contributed by atoms with van der Waals surface area (Å²) in [5.74, 6) is 0.438. The number of carbonyl (C=O) groups excluding carboxylic acids is 1. The van der Waals surface area contributed by atoms with E-state index in [0.29, 0.717) is 5.82 Å². The number of hydrogen-bond donors (Lipinski definition) is 1. The smallest absolute Gasteiger partial charge is 0.323 e. The lowest BCUT2D eigenvalue weighted by atomic mass is 10.0. The molecule has 1 aliphatic heterocycles. The van der Waals surface area contributed by atoms with E-state index < -0.39 is 0 Å². The summed E-state index contributed by atoms with van der Waals surface area (Å²) in [5, 5.41) is 6.44. The zero-order chi connectivity index (χ0) is 15.4. The Morgan fingerprint density at radius 3 is 2.91 bits per heavy atom. The number of rotatable bonds is 3. The van der Waals surface area contributed by atoms with Gasteiger partial charge in [-0.1, -0.05) is 23.4 Å². The lowest BCUT2D eigenvalue weighted by molar-refractivity contribution is 0.195. The first kappa shape index (κ1) is 14.4. The molecule has 2 heterocycles. The van der Waals surface area contributed by atoms with Crippen molar-refractivity contribution in [3.05, 3.63) is 42.7 Å². The molecule has 3 rings (SSSR count).